The molecule has 1 saturated heterocycles. The molecule has 0 spiro atoms. The fourth-order valence-corrected chi connectivity index (χ4v) is 3.80. The van der Waals surface area contributed by atoms with Crippen molar-refractivity contribution < 1.29 is 4.74 Å². The lowest BCUT2D eigenvalue weighted by Gasteiger charge is -2.37. The fraction of sp³-hybridized carbons (Fsp3) is 0.526. The largest absolute Gasteiger partial charge is 0.497 e. The van der Waals surface area contributed by atoms with Crippen molar-refractivity contribution in [2.45, 2.75) is 25.9 Å². The van der Waals surface area contributed by atoms with Gasteiger partial charge in [0.15, 0.2) is 11.8 Å². The van der Waals surface area contributed by atoms with Crippen molar-refractivity contribution in [2.24, 2.45) is 4.99 Å². The Balaban J connectivity index is 1.32. The summed E-state index contributed by atoms with van der Waals surface area (Å²) in [6, 6.07) is 8.26. The molecule has 0 radical (unpaired) electrons. The summed E-state index contributed by atoms with van der Waals surface area (Å²) in [5.74, 6) is 3.93. The third-order valence-corrected chi connectivity index (χ3v) is 5.32. The van der Waals surface area contributed by atoms with Crippen LogP contribution >= 0.6 is 0 Å². The van der Waals surface area contributed by atoms with Crippen LogP contribution < -0.4 is 15.0 Å². The average molecular weight is 369 g/mol. The van der Waals surface area contributed by atoms with E-state index in [0.717, 1.165) is 62.5 Å². The third-order valence-electron chi connectivity index (χ3n) is 5.32. The second-order valence-electron chi connectivity index (χ2n) is 6.86. The number of aliphatic imine (C=N–C) groups is 1. The molecule has 1 N–H and O–H groups in total. The van der Waals surface area contributed by atoms with Gasteiger partial charge in [-0.25, -0.2) is 0 Å². The Morgan fingerprint density at radius 3 is 2.59 bits per heavy atom. The predicted molar refractivity (Wildman–Crippen MR) is 105 cm³/mol. The first-order valence-electron chi connectivity index (χ1n) is 9.54. The van der Waals surface area contributed by atoms with Crippen molar-refractivity contribution in [3.8, 4) is 5.75 Å². The first-order chi connectivity index (χ1) is 13.3. The third kappa shape index (κ3) is 3.70. The molecule has 3 heterocycles. The number of ether oxygens (including phenoxy) is 1. The van der Waals surface area contributed by atoms with Gasteiger partial charge in [0, 0.05) is 51.9 Å². The van der Waals surface area contributed by atoms with E-state index in [9.17, 15) is 0 Å². The molecule has 1 aromatic carbocycles. The average Bonchev–Trinajstić information content (AvgIpc) is 3.34. The fourth-order valence-electron chi connectivity index (χ4n) is 3.80. The standard InChI is InChI=1S/C19H27N7O/c1-20-19(21-14-18-23-22-17-4-3-9-26(17)18)25-12-10-24(11-13-25)15-5-7-16(27-2)8-6-15/h5-8H,3-4,9-14H2,1-2H3,(H,20,21). The smallest absolute Gasteiger partial charge is 0.194 e. The van der Waals surface area contributed by atoms with E-state index in [4.69, 9.17) is 4.74 Å². The van der Waals surface area contributed by atoms with Crippen LogP contribution in [-0.4, -0.2) is 66.0 Å². The zero-order chi connectivity index (χ0) is 18.6. The minimum atomic E-state index is 0.665. The maximum Gasteiger partial charge on any atom is 0.194 e. The van der Waals surface area contributed by atoms with Gasteiger partial charge in [-0.3, -0.25) is 4.99 Å². The number of nitrogens with one attached hydrogen (secondary N) is 1. The maximum absolute atomic E-state index is 5.24. The van der Waals surface area contributed by atoms with Crippen LogP contribution in [-0.2, 0) is 19.5 Å². The minimum Gasteiger partial charge on any atom is -0.497 e. The van der Waals surface area contributed by atoms with Gasteiger partial charge < -0.3 is 24.4 Å². The molecule has 0 amide bonds. The molecule has 8 heteroatoms. The van der Waals surface area contributed by atoms with Gasteiger partial charge in [-0.1, -0.05) is 0 Å². The number of aromatic nitrogens is 3. The van der Waals surface area contributed by atoms with Crippen LogP contribution in [0.5, 0.6) is 5.75 Å². The second kappa shape index (κ2) is 7.85. The molecule has 144 valence electrons. The number of hydrogen-bond acceptors (Lipinski definition) is 5. The number of nitrogens with zero attached hydrogens (tertiary/aromatic N) is 6. The number of hydrogen-bond donors (Lipinski definition) is 1. The summed E-state index contributed by atoms with van der Waals surface area (Å²) in [7, 11) is 3.53. The van der Waals surface area contributed by atoms with Crippen molar-refractivity contribution in [3.63, 3.8) is 0 Å². The van der Waals surface area contributed by atoms with Crippen LogP contribution in [0.3, 0.4) is 0 Å². The summed E-state index contributed by atoms with van der Waals surface area (Å²) in [4.78, 5) is 9.17. The van der Waals surface area contributed by atoms with Gasteiger partial charge in [0.25, 0.3) is 0 Å². The Bertz CT molecular complexity index is 791. The number of benzene rings is 1. The van der Waals surface area contributed by atoms with E-state index in [0.29, 0.717) is 6.54 Å². The molecule has 1 aromatic heterocycles. The quantitative estimate of drug-likeness (QED) is 0.644. The van der Waals surface area contributed by atoms with E-state index < -0.39 is 0 Å². The van der Waals surface area contributed by atoms with Gasteiger partial charge >= 0.3 is 0 Å². The van der Waals surface area contributed by atoms with Crippen LogP contribution in [0.4, 0.5) is 5.69 Å². The molecule has 4 rings (SSSR count). The molecule has 8 nitrogen and oxygen atoms in total. The lowest BCUT2D eigenvalue weighted by Crippen LogP contribution is -2.52. The highest BCUT2D eigenvalue weighted by molar-refractivity contribution is 5.80. The minimum absolute atomic E-state index is 0.665. The Morgan fingerprint density at radius 2 is 1.89 bits per heavy atom. The Morgan fingerprint density at radius 1 is 1.11 bits per heavy atom. The van der Waals surface area contributed by atoms with Crippen LogP contribution in [0.1, 0.15) is 18.1 Å². The molecule has 1 fully saturated rings. The monoisotopic (exact) mass is 369 g/mol. The van der Waals surface area contributed by atoms with E-state index in [1.807, 2.05) is 19.2 Å². The predicted octanol–water partition coefficient (Wildman–Crippen LogP) is 1.13. The van der Waals surface area contributed by atoms with Gasteiger partial charge in [-0.05, 0) is 30.7 Å². The van der Waals surface area contributed by atoms with Crippen LogP contribution in [0.15, 0.2) is 29.3 Å². The summed E-state index contributed by atoms with van der Waals surface area (Å²) >= 11 is 0. The van der Waals surface area contributed by atoms with Crippen LogP contribution in [0.25, 0.3) is 0 Å². The lowest BCUT2D eigenvalue weighted by atomic mass is 10.2. The summed E-state index contributed by atoms with van der Waals surface area (Å²) in [5, 5.41) is 12.0. The number of fused-ring (bicyclic) bond motifs is 1. The van der Waals surface area contributed by atoms with E-state index in [1.54, 1.807) is 7.11 Å². The highest BCUT2D eigenvalue weighted by atomic mass is 16.5. The van der Waals surface area contributed by atoms with Crippen LogP contribution in [0, 0.1) is 0 Å². The SMILES string of the molecule is CN=C(NCc1nnc2n1CCC2)N1CCN(c2ccc(OC)cc2)CC1. The molecule has 0 atom stereocenters. The van der Waals surface area contributed by atoms with E-state index >= 15 is 0 Å². The van der Waals surface area contributed by atoms with E-state index in [2.05, 4.69) is 47.0 Å². The summed E-state index contributed by atoms with van der Waals surface area (Å²) < 4.78 is 7.47. The first-order valence-corrected chi connectivity index (χ1v) is 9.54. The number of aryl methyl sites for hydroxylation is 1. The topological polar surface area (TPSA) is 70.8 Å². The summed E-state index contributed by atoms with van der Waals surface area (Å²) in [6.07, 6.45) is 2.20. The number of anilines is 1. The van der Waals surface area contributed by atoms with Gasteiger partial charge in [0.1, 0.15) is 11.6 Å². The summed E-state index contributed by atoms with van der Waals surface area (Å²) in [5.41, 5.74) is 1.23. The maximum atomic E-state index is 5.24. The van der Waals surface area contributed by atoms with Crippen molar-refractivity contribution >= 4 is 11.6 Å². The number of methoxy groups -OCH3 is 1. The Labute approximate surface area is 159 Å². The molecule has 0 bridgehead atoms. The Hall–Kier alpha value is -2.77. The second-order valence-corrected chi connectivity index (χ2v) is 6.86. The van der Waals surface area contributed by atoms with Gasteiger partial charge in [0.05, 0.1) is 13.7 Å². The molecule has 2 aliphatic rings. The van der Waals surface area contributed by atoms with E-state index in [1.165, 1.54) is 12.1 Å². The lowest BCUT2D eigenvalue weighted by molar-refractivity contribution is 0.371. The van der Waals surface area contributed by atoms with Gasteiger partial charge in [0.2, 0.25) is 0 Å². The van der Waals surface area contributed by atoms with E-state index in [-0.39, 0.29) is 0 Å². The highest BCUT2D eigenvalue weighted by Crippen LogP contribution is 2.20. The molecular formula is C19H27N7O. The van der Waals surface area contributed by atoms with Gasteiger partial charge in [-0.15, -0.1) is 10.2 Å². The van der Waals surface area contributed by atoms with Crippen molar-refractivity contribution in [2.75, 3.05) is 45.2 Å². The molecule has 2 aromatic rings. The number of rotatable bonds is 4. The van der Waals surface area contributed by atoms with Crippen molar-refractivity contribution in [1.82, 2.24) is 25.0 Å². The molecule has 0 saturated carbocycles. The molecule has 0 unspecified atom stereocenters. The highest BCUT2D eigenvalue weighted by Gasteiger charge is 2.21. The van der Waals surface area contributed by atoms with Crippen molar-refractivity contribution in [1.29, 1.82) is 0 Å². The zero-order valence-corrected chi connectivity index (χ0v) is 16.1. The molecule has 0 aliphatic carbocycles. The Kier molecular flexibility index (Phi) is 5.13. The first kappa shape index (κ1) is 17.6. The van der Waals surface area contributed by atoms with Crippen LogP contribution in [0.2, 0.25) is 0 Å². The normalized spacial score (nSPS) is 17.2. The number of guanidine groups is 1. The number of piperazine rings is 1. The molecule has 2 aliphatic heterocycles. The summed E-state index contributed by atoms with van der Waals surface area (Å²) in [6.45, 7) is 5.49. The van der Waals surface area contributed by atoms with Crippen molar-refractivity contribution in [3.05, 3.63) is 35.9 Å². The van der Waals surface area contributed by atoms with Gasteiger partial charge in [-0.2, -0.15) is 0 Å². The molecular weight excluding hydrogens is 342 g/mol. The zero-order valence-electron chi connectivity index (χ0n) is 16.1. The molecule has 27 heavy (non-hydrogen) atoms.